The van der Waals surface area contributed by atoms with E-state index in [1.807, 2.05) is 25.1 Å². The number of hydrogen-bond acceptors (Lipinski definition) is 3. The summed E-state index contributed by atoms with van der Waals surface area (Å²) in [6, 6.07) is 5.81. The molecule has 0 heterocycles. The molecule has 15 heavy (non-hydrogen) atoms. The van der Waals surface area contributed by atoms with Gasteiger partial charge < -0.3 is 15.2 Å². The second-order valence-electron chi connectivity index (χ2n) is 3.48. The maximum absolute atomic E-state index is 5.72. The molecule has 1 unspecified atom stereocenters. The Kier molecular flexibility index (Phi) is 4.13. The molecule has 3 nitrogen and oxygen atoms in total. The Hall–Kier alpha value is -0.580. The highest BCUT2D eigenvalue weighted by Crippen LogP contribution is 2.33. The second-order valence-corrected chi connectivity index (χ2v) is 4.40. The molecule has 0 aliphatic heterocycles. The van der Waals surface area contributed by atoms with E-state index in [9.17, 15) is 0 Å². The molecule has 0 aliphatic rings. The van der Waals surface area contributed by atoms with Gasteiger partial charge in [-0.15, -0.1) is 0 Å². The summed E-state index contributed by atoms with van der Waals surface area (Å²) in [5.41, 5.74) is 6.17. The fraction of sp³-hybridized carbons (Fsp3) is 0.455. The normalized spacial score (nSPS) is 14.7. The van der Waals surface area contributed by atoms with Crippen LogP contribution in [0.25, 0.3) is 0 Å². The largest absolute Gasteiger partial charge is 0.496 e. The Labute approximate surface area is 98.7 Å². The van der Waals surface area contributed by atoms with E-state index in [-0.39, 0.29) is 0 Å². The molecule has 0 fully saturated rings. The Morgan fingerprint density at radius 3 is 2.53 bits per heavy atom. The molecular formula is C11H16BrNO2. The minimum atomic E-state index is -0.508. The van der Waals surface area contributed by atoms with Crippen LogP contribution in [0.4, 0.5) is 0 Å². The summed E-state index contributed by atoms with van der Waals surface area (Å²) in [6.45, 7) is 2.35. The maximum Gasteiger partial charge on any atom is 0.126 e. The van der Waals surface area contributed by atoms with Crippen LogP contribution in [0.1, 0.15) is 12.5 Å². The molecule has 1 atom stereocenters. The molecule has 1 aromatic carbocycles. The topological polar surface area (TPSA) is 44.5 Å². The zero-order valence-corrected chi connectivity index (χ0v) is 10.8. The zero-order valence-electron chi connectivity index (χ0n) is 9.21. The van der Waals surface area contributed by atoms with Gasteiger partial charge in [-0.2, -0.15) is 0 Å². The van der Waals surface area contributed by atoms with Crippen LogP contribution in [0.2, 0.25) is 0 Å². The third-order valence-electron chi connectivity index (χ3n) is 2.57. The summed E-state index contributed by atoms with van der Waals surface area (Å²) in [5.74, 6) is 0.777. The summed E-state index contributed by atoms with van der Waals surface area (Å²) in [6.07, 6.45) is 0. The molecule has 0 amide bonds. The van der Waals surface area contributed by atoms with E-state index >= 15 is 0 Å². The van der Waals surface area contributed by atoms with Crippen molar-refractivity contribution in [3.8, 4) is 5.75 Å². The van der Waals surface area contributed by atoms with E-state index in [2.05, 4.69) is 15.9 Å². The molecular weight excluding hydrogens is 258 g/mol. The van der Waals surface area contributed by atoms with Crippen molar-refractivity contribution in [2.45, 2.75) is 12.5 Å². The van der Waals surface area contributed by atoms with Crippen LogP contribution in [-0.4, -0.2) is 20.8 Å². The molecule has 0 saturated carbocycles. The quantitative estimate of drug-likeness (QED) is 0.916. The van der Waals surface area contributed by atoms with E-state index in [4.69, 9.17) is 15.2 Å². The van der Waals surface area contributed by atoms with E-state index in [0.717, 1.165) is 15.8 Å². The first-order chi connectivity index (χ1) is 7.07. The van der Waals surface area contributed by atoms with E-state index in [1.165, 1.54) is 0 Å². The second kappa shape index (κ2) is 4.96. The SMILES string of the molecule is COc1cc(Br)ccc1C(C)(CN)OC. The maximum atomic E-state index is 5.72. The summed E-state index contributed by atoms with van der Waals surface area (Å²) < 4.78 is 11.7. The standard InChI is InChI=1S/C11H16BrNO2/c1-11(7-13,15-3)9-5-4-8(12)6-10(9)14-2/h4-6H,7,13H2,1-3H3. The third-order valence-corrected chi connectivity index (χ3v) is 3.07. The van der Waals surface area contributed by atoms with Crippen molar-refractivity contribution in [3.63, 3.8) is 0 Å². The first-order valence-corrected chi connectivity index (χ1v) is 5.46. The van der Waals surface area contributed by atoms with Crippen molar-refractivity contribution in [2.75, 3.05) is 20.8 Å². The van der Waals surface area contributed by atoms with E-state index in [0.29, 0.717) is 6.54 Å². The molecule has 2 N–H and O–H groups in total. The van der Waals surface area contributed by atoms with Crippen molar-refractivity contribution < 1.29 is 9.47 Å². The van der Waals surface area contributed by atoms with Gasteiger partial charge in [0, 0.05) is 23.7 Å². The monoisotopic (exact) mass is 273 g/mol. The lowest BCUT2D eigenvalue weighted by Gasteiger charge is -2.28. The van der Waals surface area contributed by atoms with Gasteiger partial charge in [-0.25, -0.2) is 0 Å². The number of hydrogen-bond donors (Lipinski definition) is 1. The molecule has 0 spiro atoms. The Morgan fingerprint density at radius 2 is 2.07 bits per heavy atom. The van der Waals surface area contributed by atoms with Crippen LogP contribution in [0.5, 0.6) is 5.75 Å². The van der Waals surface area contributed by atoms with E-state index < -0.39 is 5.60 Å². The van der Waals surface area contributed by atoms with Gasteiger partial charge >= 0.3 is 0 Å². The number of halogens is 1. The summed E-state index contributed by atoms with van der Waals surface area (Å²) in [5, 5.41) is 0. The van der Waals surface area contributed by atoms with Crippen LogP contribution < -0.4 is 10.5 Å². The van der Waals surface area contributed by atoms with Gasteiger partial charge in [0.05, 0.1) is 7.11 Å². The average Bonchev–Trinajstić information content (AvgIpc) is 2.27. The molecule has 1 rings (SSSR count). The van der Waals surface area contributed by atoms with Crippen molar-refractivity contribution >= 4 is 15.9 Å². The molecule has 0 bridgehead atoms. The van der Waals surface area contributed by atoms with E-state index in [1.54, 1.807) is 14.2 Å². The number of rotatable bonds is 4. The lowest BCUT2D eigenvalue weighted by atomic mass is 9.95. The summed E-state index contributed by atoms with van der Waals surface area (Å²) >= 11 is 3.40. The highest BCUT2D eigenvalue weighted by Gasteiger charge is 2.27. The number of nitrogens with two attached hydrogens (primary N) is 1. The Bertz CT molecular complexity index is 337. The minimum Gasteiger partial charge on any atom is -0.496 e. The predicted molar refractivity (Wildman–Crippen MR) is 64.1 cm³/mol. The molecule has 84 valence electrons. The zero-order chi connectivity index (χ0) is 11.5. The number of benzene rings is 1. The van der Waals surface area contributed by atoms with Gasteiger partial charge in [0.15, 0.2) is 0 Å². The molecule has 1 aromatic rings. The van der Waals surface area contributed by atoms with Crippen molar-refractivity contribution in [1.29, 1.82) is 0 Å². The fourth-order valence-corrected chi connectivity index (χ4v) is 1.75. The average molecular weight is 274 g/mol. The first kappa shape index (κ1) is 12.5. The third kappa shape index (κ3) is 2.51. The summed E-state index contributed by atoms with van der Waals surface area (Å²) in [7, 11) is 3.28. The first-order valence-electron chi connectivity index (χ1n) is 4.66. The Balaban J connectivity index is 3.23. The van der Waals surface area contributed by atoms with Gasteiger partial charge in [0.25, 0.3) is 0 Å². The molecule has 0 aromatic heterocycles. The van der Waals surface area contributed by atoms with Crippen molar-refractivity contribution in [2.24, 2.45) is 5.73 Å². The van der Waals surface area contributed by atoms with Crippen LogP contribution in [0.15, 0.2) is 22.7 Å². The van der Waals surface area contributed by atoms with Gasteiger partial charge in [-0.3, -0.25) is 0 Å². The van der Waals surface area contributed by atoms with Gasteiger partial charge in [0.2, 0.25) is 0 Å². The molecule has 0 saturated heterocycles. The fourth-order valence-electron chi connectivity index (χ4n) is 1.41. The lowest BCUT2D eigenvalue weighted by Crippen LogP contribution is -2.34. The van der Waals surface area contributed by atoms with Crippen LogP contribution in [0, 0.1) is 0 Å². The predicted octanol–water partition coefficient (Wildman–Crippen LogP) is 2.28. The van der Waals surface area contributed by atoms with Gasteiger partial charge in [0.1, 0.15) is 11.4 Å². The Morgan fingerprint density at radius 1 is 1.40 bits per heavy atom. The lowest BCUT2D eigenvalue weighted by molar-refractivity contribution is 0.00821. The minimum absolute atomic E-state index is 0.404. The summed E-state index contributed by atoms with van der Waals surface area (Å²) in [4.78, 5) is 0. The molecule has 0 radical (unpaired) electrons. The highest BCUT2D eigenvalue weighted by atomic mass is 79.9. The van der Waals surface area contributed by atoms with Crippen molar-refractivity contribution in [3.05, 3.63) is 28.2 Å². The molecule has 4 heteroatoms. The van der Waals surface area contributed by atoms with Gasteiger partial charge in [-0.1, -0.05) is 22.0 Å². The number of methoxy groups -OCH3 is 2. The van der Waals surface area contributed by atoms with Gasteiger partial charge in [-0.05, 0) is 19.1 Å². The highest BCUT2D eigenvalue weighted by molar-refractivity contribution is 9.10. The molecule has 0 aliphatic carbocycles. The van der Waals surface area contributed by atoms with Crippen LogP contribution in [-0.2, 0) is 10.3 Å². The number of ether oxygens (including phenoxy) is 2. The smallest absolute Gasteiger partial charge is 0.126 e. The van der Waals surface area contributed by atoms with Crippen LogP contribution in [0.3, 0.4) is 0 Å². The van der Waals surface area contributed by atoms with Crippen molar-refractivity contribution in [1.82, 2.24) is 0 Å². The van der Waals surface area contributed by atoms with Crippen LogP contribution >= 0.6 is 15.9 Å².